The van der Waals surface area contributed by atoms with E-state index in [-0.39, 0.29) is 5.97 Å². The van der Waals surface area contributed by atoms with Crippen molar-refractivity contribution in [3.05, 3.63) is 30.3 Å². The Morgan fingerprint density at radius 3 is 2.69 bits per heavy atom. The van der Waals surface area contributed by atoms with Crippen LogP contribution in [-0.4, -0.2) is 25.7 Å². The largest absolute Gasteiger partial charge is 0.464 e. The van der Waals surface area contributed by atoms with Gasteiger partial charge in [-0.3, -0.25) is 4.79 Å². The molecule has 0 aliphatic rings. The third kappa shape index (κ3) is 4.05. The summed E-state index contributed by atoms with van der Waals surface area (Å²) in [5.74, 6) is 2.32. The predicted octanol–water partition coefficient (Wildman–Crippen LogP) is 1.69. The van der Waals surface area contributed by atoms with E-state index in [1.807, 2.05) is 35.2 Å². The molecular formula is C13H15NO2. The lowest BCUT2D eigenvalue weighted by Crippen LogP contribution is -2.28. The maximum absolute atomic E-state index is 10.6. The summed E-state index contributed by atoms with van der Waals surface area (Å²) in [6.07, 6.45) is 5.30. The quantitative estimate of drug-likeness (QED) is 0.555. The highest BCUT2D eigenvalue weighted by molar-refractivity contribution is 5.65. The van der Waals surface area contributed by atoms with Crippen LogP contribution in [0, 0.1) is 12.3 Å². The standard InChI is InChI=1S/C13H15NO2/c1-3-9-14(10-11-16-12(2)15)13-7-5-4-6-8-13/h1,4-8H,9-11H2,2H3. The molecule has 0 saturated heterocycles. The van der Waals surface area contributed by atoms with Crippen molar-refractivity contribution in [3.8, 4) is 12.3 Å². The Morgan fingerprint density at radius 1 is 1.44 bits per heavy atom. The van der Waals surface area contributed by atoms with Crippen LogP contribution in [0.2, 0.25) is 0 Å². The molecule has 1 aromatic carbocycles. The normalized spacial score (nSPS) is 9.25. The van der Waals surface area contributed by atoms with Crippen molar-refractivity contribution >= 4 is 11.7 Å². The summed E-state index contributed by atoms with van der Waals surface area (Å²) >= 11 is 0. The van der Waals surface area contributed by atoms with E-state index < -0.39 is 0 Å². The van der Waals surface area contributed by atoms with Crippen LogP contribution in [0.4, 0.5) is 5.69 Å². The Bertz CT molecular complexity index is 367. The van der Waals surface area contributed by atoms with Gasteiger partial charge in [0, 0.05) is 12.6 Å². The number of anilines is 1. The van der Waals surface area contributed by atoms with Gasteiger partial charge in [-0.15, -0.1) is 6.42 Å². The van der Waals surface area contributed by atoms with Gasteiger partial charge in [0.1, 0.15) is 6.61 Å². The molecule has 0 fully saturated rings. The fourth-order valence-corrected chi connectivity index (χ4v) is 1.35. The molecule has 0 amide bonds. The third-order valence-electron chi connectivity index (χ3n) is 2.07. The summed E-state index contributed by atoms with van der Waals surface area (Å²) in [4.78, 5) is 12.6. The van der Waals surface area contributed by atoms with Crippen molar-refractivity contribution < 1.29 is 9.53 Å². The van der Waals surface area contributed by atoms with Crippen LogP contribution in [0.5, 0.6) is 0 Å². The Labute approximate surface area is 96.0 Å². The average molecular weight is 217 g/mol. The van der Waals surface area contributed by atoms with Crippen molar-refractivity contribution in [2.45, 2.75) is 6.92 Å². The van der Waals surface area contributed by atoms with Crippen LogP contribution < -0.4 is 4.90 Å². The molecule has 0 aromatic heterocycles. The maximum Gasteiger partial charge on any atom is 0.302 e. The number of ether oxygens (including phenoxy) is 1. The number of carbonyl (C=O) groups is 1. The molecule has 3 nitrogen and oxygen atoms in total. The van der Waals surface area contributed by atoms with Gasteiger partial charge in [-0.05, 0) is 12.1 Å². The Morgan fingerprint density at radius 2 is 2.12 bits per heavy atom. The number of para-hydroxylation sites is 1. The molecule has 1 rings (SSSR count). The number of benzene rings is 1. The zero-order valence-corrected chi connectivity index (χ0v) is 9.35. The first-order valence-corrected chi connectivity index (χ1v) is 5.11. The van der Waals surface area contributed by atoms with Gasteiger partial charge in [0.2, 0.25) is 0 Å². The molecule has 0 aliphatic carbocycles. The lowest BCUT2D eigenvalue weighted by Gasteiger charge is -2.21. The Kier molecular flexibility index (Phi) is 4.94. The lowest BCUT2D eigenvalue weighted by molar-refractivity contribution is -0.140. The molecule has 0 saturated carbocycles. The van der Waals surface area contributed by atoms with Gasteiger partial charge in [-0.25, -0.2) is 0 Å². The molecule has 0 unspecified atom stereocenters. The second kappa shape index (κ2) is 6.52. The van der Waals surface area contributed by atoms with Gasteiger partial charge >= 0.3 is 5.97 Å². The number of hydrogen-bond acceptors (Lipinski definition) is 3. The molecule has 0 aliphatic heterocycles. The van der Waals surface area contributed by atoms with Crippen LogP contribution in [0.1, 0.15) is 6.92 Å². The molecule has 0 radical (unpaired) electrons. The second-order valence-electron chi connectivity index (χ2n) is 3.30. The van der Waals surface area contributed by atoms with Gasteiger partial charge in [0.05, 0.1) is 13.1 Å². The van der Waals surface area contributed by atoms with Crippen LogP contribution in [0.3, 0.4) is 0 Å². The number of esters is 1. The molecule has 0 N–H and O–H groups in total. The van der Waals surface area contributed by atoms with E-state index in [2.05, 4.69) is 5.92 Å². The maximum atomic E-state index is 10.6. The zero-order chi connectivity index (χ0) is 11.8. The molecule has 0 atom stereocenters. The monoisotopic (exact) mass is 217 g/mol. The molecule has 16 heavy (non-hydrogen) atoms. The van der Waals surface area contributed by atoms with Crippen LogP contribution >= 0.6 is 0 Å². The smallest absolute Gasteiger partial charge is 0.302 e. The van der Waals surface area contributed by atoms with E-state index in [1.165, 1.54) is 6.92 Å². The second-order valence-corrected chi connectivity index (χ2v) is 3.30. The van der Waals surface area contributed by atoms with E-state index in [4.69, 9.17) is 11.2 Å². The first-order chi connectivity index (χ1) is 7.74. The topological polar surface area (TPSA) is 29.5 Å². The summed E-state index contributed by atoms with van der Waals surface area (Å²) in [7, 11) is 0. The predicted molar refractivity (Wildman–Crippen MR) is 64.1 cm³/mol. The summed E-state index contributed by atoms with van der Waals surface area (Å²) in [6.45, 7) is 2.86. The molecule has 3 heteroatoms. The van der Waals surface area contributed by atoms with E-state index in [9.17, 15) is 4.79 Å². The summed E-state index contributed by atoms with van der Waals surface area (Å²) < 4.78 is 4.89. The van der Waals surface area contributed by atoms with E-state index >= 15 is 0 Å². The summed E-state index contributed by atoms with van der Waals surface area (Å²) in [6, 6.07) is 9.80. The van der Waals surface area contributed by atoms with Gasteiger partial charge in [0.25, 0.3) is 0 Å². The number of hydrogen-bond donors (Lipinski definition) is 0. The highest BCUT2D eigenvalue weighted by Crippen LogP contribution is 2.11. The summed E-state index contributed by atoms with van der Waals surface area (Å²) in [5, 5.41) is 0. The van der Waals surface area contributed by atoms with Crippen LogP contribution in [-0.2, 0) is 9.53 Å². The number of nitrogens with zero attached hydrogens (tertiary/aromatic N) is 1. The number of rotatable bonds is 5. The van der Waals surface area contributed by atoms with E-state index in [1.54, 1.807) is 0 Å². The number of terminal acetylenes is 1. The Hall–Kier alpha value is -1.95. The van der Waals surface area contributed by atoms with E-state index in [0.29, 0.717) is 19.7 Å². The van der Waals surface area contributed by atoms with Gasteiger partial charge in [-0.2, -0.15) is 0 Å². The molecule has 84 valence electrons. The van der Waals surface area contributed by atoms with E-state index in [0.717, 1.165) is 5.69 Å². The molecule has 0 spiro atoms. The average Bonchev–Trinajstić information content (AvgIpc) is 2.29. The SMILES string of the molecule is C#CCN(CCOC(C)=O)c1ccccc1. The fraction of sp³-hybridized carbons (Fsp3) is 0.308. The van der Waals surface area contributed by atoms with Gasteiger partial charge < -0.3 is 9.64 Å². The van der Waals surface area contributed by atoms with Crippen molar-refractivity contribution in [3.63, 3.8) is 0 Å². The zero-order valence-electron chi connectivity index (χ0n) is 9.35. The van der Waals surface area contributed by atoms with Crippen LogP contribution in [0.15, 0.2) is 30.3 Å². The lowest BCUT2D eigenvalue weighted by atomic mass is 10.3. The van der Waals surface area contributed by atoms with Gasteiger partial charge in [-0.1, -0.05) is 24.1 Å². The molecular weight excluding hydrogens is 202 g/mol. The highest BCUT2D eigenvalue weighted by atomic mass is 16.5. The van der Waals surface area contributed by atoms with Crippen molar-refractivity contribution in [1.29, 1.82) is 0 Å². The fourth-order valence-electron chi connectivity index (χ4n) is 1.35. The first kappa shape index (κ1) is 12.1. The van der Waals surface area contributed by atoms with Gasteiger partial charge in [0.15, 0.2) is 0 Å². The van der Waals surface area contributed by atoms with Crippen molar-refractivity contribution in [2.24, 2.45) is 0 Å². The Balaban J connectivity index is 2.55. The van der Waals surface area contributed by atoms with Crippen molar-refractivity contribution in [1.82, 2.24) is 0 Å². The summed E-state index contributed by atoms with van der Waals surface area (Å²) in [5.41, 5.74) is 1.03. The van der Waals surface area contributed by atoms with Crippen LogP contribution in [0.25, 0.3) is 0 Å². The highest BCUT2D eigenvalue weighted by Gasteiger charge is 2.04. The third-order valence-corrected chi connectivity index (χ3v) is 2.07. The number of carbonyl (C=O) groups excluding carboxylic acids is 1. The minimum Gasteiger partial charge on any atom is -0.464 e. The molecule has 1 aromatic rings. The molecule has 0 bridgehead atoms. The first-order valence-electron chi connectivity index (χ1n) is 5.11. The minimum atomic E-state index is -0.270. The van der Waals surface area contributed by atoms with Crippen molar-refractivity contribution in [2.75, 3.05) is 24.6 Å². The minimum absolute atomic E-state index is 0.270. The molecule has 0 heterocycles.